The number of aromatic nitrogens is 1. The van der Waals surface area contributed by atoms with Crippen LogP contribution in [0.5, 0.6) is 0 Å². The van der Waals surface area contributed by atoms with E-state index in [-0.39, 0.29) is 5.91 Å². The molecule has 1 rings (SSSR count). The number of amides is 1. The van der Waals surface area contributed by atoms with Crippen LogP contribution in [0.1, 0.15) is 42.2 Å². The van der Waals surface area contributed by atoms with Gasteiger partial charge in [0.15, 0.2) is 0 Å². The normalized spacial score (nSPS) is 11.9. The molecule has 0 fully saturated rings. The number of carbonyl (C=O) groups excluding carboxylic acids is 1. The summed E-state index contributed by atoms with van der Waals surface area (Å²) in [6.07, 6.45) is 2.08. The van der Waals surface area contributed by atoms with E-state index in [1.165, 1.54) is 11.5 Å². The van der Waals surface area contributed by atoms with Gasteiger partial charge >= 0.3 is 5.97 Å². The van der Waals surface area contributed by atoms with Crippen molar-refractivity contribution in [3.8, 4) is 0 Å². The number of carbonyl (C=O) groups is 2. The standard InChI is InChI=1S/C12H19N3O3S/c1-4-5-6-8(12(17)18)14-10(16)9-7(2)15-19-11(9)13-3/h8,13H,4-6H2,1-3H3,(H,14,16)(H,17,18). The van der Waals surface area contributed by atoms with Gasteiger partial charge in [-0.2, -0.15) is 4.37 Å². The van der Waals surface area contributed by atoms with Crippen LogP contribution in [0.3, 0.4) is 0 Å². The molecule has 19 heavy (non-hydrogen) atoms. The molecule has 7 heteroatoms. The maximum Gasteiger partial charge on any atom is 0.326 e. The van der Waals surface area contributed by atoms with Gasteiger partial charge in [-0.15, -0.1) is 0 Å². The van der Waals surface area contributed by atoms with Gasteiger partial charge in [-0.25, -0.2) is 4.79 Å². The molecule has 6 nitrogen and oxygen atoms in total. The molecule has 0 bridgehead atoms. The highest BCUT2D eigenvalue weighted by atomic mass is 32.1. The Balaban J connectivity index is 2.81. The molecule has 0 spiro atoms. The first-order chi connectivity index (χ1) is 9.01. The average molecular weight is 285 g/mol. The summed E-state index contributed by atoms with van der Waals surface area (Å²) in [7, 11) is 1.70. The Morgan fingerprint density at radius 3 is 2.68 bits per heavy atom. The molecule has 1 atom stereocenters. The van der Waals surface area contributed by atoms with Gasteiger partial charge in [0.25, 0.3) is 5.91 Å². The number of nitrogens with one attached hydrogen (secondary N) is 2. The second kappa shape index (κ2) is 7.08. The molecule has 0 aliphatic heterocycles. The van der Waals surface area contributed by atoms with Crippen LogP contribution in [0, 0.1) is 6.92 Å². The van der Waals surface area contributed by atoms with Crippen LogP contribution in [0.15, 0.2) is 0 Å². The quantitative estimate of drug-likeness (QED) is 0.711. The van der Waals surface area contributed by atoms with E-state index < -0.39 is 12.0 Å². The summed E-state index contributed by atoms with van der Waals surface area (Å²) in [5, 5.41) is 15.2. The molecular weight excluding hydrogens is 266 g/mol. The Morgan fingerprint density at radius 1 is 1.47 bits per heavy atom. The van der Waals surface area contributed by atoms with Gasteiger partial charge in [-0.3, -0.25) is 4.79 Å². The van der Waals surface area contributed by atoms with Crippen LogP contribution in [0.2, 0.25) is 0 Å². The summed E-state index contributed by atoms with van der Waals surface area (Å²) in [4.78, 5) is 23.2. The van der Waals surface area contributed by atoms with Crippen molar-refractivity contribution < 1.29 is 14.7 Å². The smallest absolute Gasteiger partial charge is 0.326 e. The van der Waals surface area contributed by atoms with Crippen molar-refractivity contribution in [3.05, 3.63) is 11.3 Å². The van der Waals surface area contributed by atoms with Crippen molar-refractivity contribution >= 4 is 28.4 Å². The highest BCUT2D eigenvalue weighted by Gasteiger charge is 2.24. The number of aliphatic carboxylic acids is 1. The molecule has 0 aliphatic rings. The molecule has 1 heterocycles. The average Bonchev–Trinajstić information content (AvgIpc) is 2.75. The SMILES string of the molecule is CCCCC(NC(=O)c1c(C)nsc1NC)C(=O)O. The fourth-order valence-electron chi connectivity index (χ4n) is 1.70. The second-order valence-electron chi connectivity index (χ2n) is 4.23. The van der Waals surface area contributed by atoms with Gasteiger partial charge in [0.05, 0.1) is 11.3 Å². The predicted octanol–water partition coefficient (Wildman–Crippen LogP) is 1.87. The van der Waals surface area contributed by atoms with E-state index in [0.717, 1.165) is 12.8 Å². The van der Waals surface area contributed by atoms with E-state index in [1.54, 1.807) is 14.0 Å². The predicted molar refractivity (Wildman–Crippen MR) is 74.8 cm³/mol. The summed E-state index contributed by atoms with van der Waals surface area (Å²) in [6.45, 7) is 3.71. The molecule has 3 N–H and O–H groups in total. The fourth-order valence-corrected chi connectivity index (χ4v) is 2.45. The van der Waals surface area contributed by atoms with Gasteiger partial charge in [-0.1, -0.05) is 19.8 Å². The second-order valence-corrected chi connectivity index (χ2v) is 5.00. The lowest BCUT2D eigenvalue weighted by Crippen LogP contribution is -2.41. The van der Waals surface area contributed by atoms with Crippen molar-refractivity contribution in [2.45, 2.75) is 39.2 Å². The Hall–Kier alpha value is -1.63. The number of aryl methyl sites for hydroxylation is 1. The van der Waals surface area contributed by atoms with E-state index in [4.69, 9.17) is 5.11 Å². The van der Waals surface area contributed by atoms with Crippen molar-refractivity contribution in [2.24, 2.45) is 0 Å². The van der Waals surface area contributed by atoms with Gasteiger partial charge in [0.2, 0.25) is 0 Å². The summed E-state index contributed by atoms with van der Waals surface area (Å²) >= 11 is 1.19. The van der Waals surface area contributed by atoms with Gasteiger partial charge < -0.3 is 15.7 Å². The van der Waals surface area contributed by atoms with Crippen molar-refractivity contribution in [1.29, 1.82) is 0 Å². The summed E-state index contributed by atoms with van der Waals surface area (Å²) in [5.41, 5.74) is 1.03. The van der Waals surface area contributed by atoms with Crippen molar-refractivity contribution in [2.75, 3.05) is 12.4 Å². The third-order valence-electron chi connectivity index (χ3n) is 2.77. The number of rotatable bonds is 7. The van der Waals surface area contributed by atoms with E-state index in [0.29, 0.717) is 22.7 Å². The summed E-state index contributed by atoms with van der Waals surface area (Å²) in [5.74, 6) is -1.40. The first-order valence-electron chi connectivity index (χ1n) is 6.18. The van der Waals surface area contributed by atoms with E-state index in [9.17, 15) is 9.59 Å². The minimum absolute atomic E-state index is 0.390. The lowest BCUT2D eigenvalue weighted by atomic mass is 10.1. The Bertz CT molecular complexity index is 459. The zero-order valence-electron chi connectivity index (χ0n) is 11.3. The number of carboxylic acids is 1. The number of hydrogen-bond donors (Lipinski definition) is 3. The topological polar surface area (TPSA) is 91.3 Å². The Morgan fingerprint density at radius 2 is 2.16 bits per heavy atom. The zero-order chi connectivity index (χ0) is 14.4. The van der Waals surface area contributed by atoms with Gasteiger partial charge in [0, 0.05) is 7.05 Å². The summed E-state index contributed by atoms with van der Waals surface area (Å²) < 4.78 is 4.09. The first kappa shape index (κ1) is 15.4. The minimum Gasteiger partial charge on any atom is -0.480 e. The van der Waals surface area contributed by atoms with Crippen LogP contribution < -0.4 is 10.6 Å². The number of carboxylic acid groups (broad SMARTS) is 1. The van der Waals surface area contributed by atoms with Crippen LogP contribution in [-0.4, -0.2) is 34.4 Å². The Labute approximate surface area is 116 Å². The molecule has 0 radical (unpaired) electrons. The number of hydrogen-bond acceptors (Lipinski definition) is 5. The third-order valence-corrected chi connectivity index (χ3v) is 3.72. The number of nitrogens with zero attached hydrogens (tertiary/aromatic N) is 1. The largest absolute Gasteiger partial charge is 0.480 e. The molecule has 1 aromatic rings. The molecule has 106 valence electrons. The van der Waals surface area contributed by atoms with Gasteiger partial charge in [0.1, 0.15) is 11.0 Å². The van der Waals surface area contributed by atoms with E-state index in [2.05, 4.69) is 15.0 Å². The summed E-state index contributed by atoms with van der Waals surface area (Å²) in [6, 6.07) is -0.851. The van der Waals surface area contributed by atoms with Crippen LogP contribution in [0.4, 0.5) is 5.00 Å². The van der Waals surface area contributed by atoms with Crippen LogP contribution in [0.25, 0.3) is 0 Å². The van der Waals surface area contributed by atoms with Gasteiger partial charge in [-0.05, 0) is 24.9 Å². The lowest BCUT2D eigenvalue weighted by Gasteiger charge is -2.14. The molecule has 1 aromatic heterocycles. The highest BCUT2D eigenvalue weighted by molar-refractivity contribution is 7.10. The fraction of sp³-hybridized carbons (Fsp3) is 0.583. The van der Waals surface area contributed by atoms with E-state index >= 15 is 0 Å². The van der Waals surface area contributed by atoms with Crippen LogP contribution in [-0.2, 0) is 4.79 Å². The molecule has 0 aliphatic carbocycles. The van der Waals surface area contributed by atoms with Crippen molar-refractivity contribution in [3.63, 3.8) is 0 Å². The minimum atomic E-state index is -1.01. The molecule has 0 aromatic carbocycles. The zero-order valence-corrected chi connectivity index (χ0v) is 12.1. The molecule has 0 saturated heterocycles. The monoisotopic (exact) mass is 285 g/mol. The maximum absolute atomic E-state index is 12.1. The molecule has 0 saturated carbocycles. The molecule has 1 unspecified atom stereocenters. The van der Waals surface area contributed by atoms with E-state index in [1.807, 2.05) is 6.92 Å². The maximum atomic E-state index is 12.1. The number of anilines is 1. The van der Waals surface area contributed by atoms with Crippen LogP contribution >= 0.6 is 11.5 Å². The Kier molecular flexibility index (Phi) is 5.75. The lowest BCUT2D eigenvalue weighted by molar-refractivity contribution is -0.139. The molecular formula is C12H19N3O3S. The molecule has 1 amide bonds. The first-order valence-corrected chi connectivity index (χ1v) is 6.96. The highest BCUT2D eigenvalue weighted by Crippen LogP contribution is 2.23. The third kappa shape index (κ3) is 3.92. The number of unbranched alkanes of at least 4 members (excludes halogenated alkanes) is 1. The van der Waals surface area contributed by atoms with Crippen molar-refractivity contribution in [1.82, 2.24) is 9.69 Å².